The lowest BCUT2D eigenvalue weighted by Crippen LogP contribution is -2.68. The number of carboxylic acid groups (broad SMARTS) is 1. The van der Waals surface area contributed by atoms with E-state index in [9.17, 15) is 54.2 Å². The third-order valence-electron chi connectivity index (χ3n) is 8.35. The molecule has 314 valence electrons. The van der Waals surface area contributed by atoms with Crippen molar-refractivity contribution in [3.05, 3.63) is 34.9 Å². The van der Waals surface area contributed by atoms with Gasteiger partial charge in [-0.25, -0.2) is 14.2 Å². The fraction of sp³-hybridized carbons (Fsp3) is 0.697. The lowest BCUT2D eigenvalue weighted by atomic mass is 9.95. The summed E-state index contributed by atoms with van der Waals surface area (Å²) in [5.74, 6) is -3.73. The smallest absolute Gasteiger partial charge is 0.474 e. The van der Waals surface area contributed by atoms with Crippen molar-refractivity contribution >= 4 is 31.7 Å². The standard InChI is InChI=1S/C33H54N3O18P/c1-16(2)8-6-9-17(3)10-7-11-18(4)12-13-48-21(30(43)44)15-49-55(46,47)54-32-28(26(53-33(35)45)25(41)27(51-32)29(34)42)52-31-22(36-19(5)38)24(40)23(39)20(14-37)50-31/h8,10,12,20-28,31-32,37,39-41H,6-7,9,11,13-15H2,1-5H3,(H2,34,42)(H2,35,45)(H,36,38)(H,43,44)(H,46,47)/t20?,21-,22?,23-,24-,25?,26+,27?,28+,31+,32?/m1/s1. The van der Waals surface area contributed by atoms with E-state index in [-0.39, 0.29) is 6.61 Å². The zero-order valence-electron chi connectivity index (χ0n) is 31.2. The molecule has 0 radical (unpaired) electrons. The Morgan fingerprint density at radius 1 is 0.873 bits per heavy atom. The molecule has 22 heteroatoms. The Morgan fingerprint density at radius 3 is 2.04 bits per heavy atom. The highest BCUT2D eigenvalue weighted by atomic mass is 31.2. The summed E-state index contributed by atoms with van der Waals surface area (Å²) in [4.78, 5) is 58.5. The highest BCUT2D eigenvalue weighted by Gasteiger charge is 2.56. The molecule has 0 aromatic heterocycles. The minimum absolute atomic E-state index is 0.204. The maximum absolute atomic E-state index is 13.2. The normalized spacial score (nSPS) is 30.4. The predicted molar refractivity (Wildman–Crippen MR) is 188 cm³/mol. The summed E-state index contributed by atoms with van der Waals surface area (Å²) in [5.41, 5.74) is 13.8. The lowest BCUT2D eigenvalue weighted by Gasteiger charge is -2.47. The molecule has 0 aromatic rings. The van der Waals surface area contributed by atoms with Gasteiger partial charge in [-0.1, -0.05) is 34.9 Å². The third kappa shape index (κ3) is 15.6. The molecule has 3 amide bonds. The van der Waals surface area contributed by atoms with E-state index < -0.39 is 112 Å². The molecule has 0 aliphatic carbocycles. The zero-order valence-corrected chi connectivity index (χ0v) is 32.1. The number of aliphatic hydroxyl groups excluding tert-OH is 4. The molecule has 0 bridgehead atoms. The fourth-order valence-electron chi connectivity index (χ4n) is 5.46. The Labute approximate surface area is 317 Å². The van der Waals surface area contributed by atoms with Crippen molar-refractivity contribution in [2.45, 2.75) is 128 Å². The van der Waals surface area contributed by atoms with Gasteiger partial charge in [-0.05, 0) is 53.4 Å². The molecule has 2 rings (SSSR count). The molecular formula is C33H54N3O18P. The van der Waals surface area contributed by atoms with Crippen LogP contribution in [0.1, 0.15) is 60.3 Å². The number of aliphatic carboxylic acids is 1. The molecule has 2 aliphatic heterocycles. The van der Waals surface area contributed by atoms with Crippen LogP contribution in [0.3, 0.4) is 0 Å². The number of carboxylic acids is 1. The van der Waals surface area contributed by atoms with E-state index in [0.717, 1.165) is 31.8 Å². The van der Waals surface area contributed by atoms with Crippen molar-refractivity contribution in [2.24, 2.45) is 11.5 Å². The molecule has 0 aromatic carbocycles. The minimum atomic E-state index is -5.47. The van der Waals surface area contributed by atoms with Gasteiger partial charge in [-0.2, -0.15) is 0 Å². The van der Waals surface area contributed by atoms with Gasteiger partial charge in [0.05, 0.1) is 19.8 Å². The van der Waals surface area contributed by atoms with E-state index in [1.165, 1.54) is 11.1 Å². The van der Waals surface area contributed by atoms with Gasteiger partial charge in [0.2, 0.25) is 11.8 Å². The third-order valence-corrected chi connectivity index (χ3v) is 9.30. The van der Waals surface area contributed by atoms with Crippen LogP contribution in [0.15, 0.2) is 34.9 Å². The van der Waals surface area contributed by atoms with E-state index in [2.05, 4.69) is 17.5 Å². The first-order valence-corrected chi connectivity index (χ1v) is 18.8. The number of ether oxygens (including phenoxy) is 5. The fourth-order valence-corrected chi connectivity index (χ4v) is 6.27. The van der Waals surface area contributed by atoms with Gasteiger partial charge in [-0.3, -0.25) is 18.6 Å². The van der Waals surface area contributed by atoms with Crippen molar-refractivity contribution < 1.29 is 86.9 Å². The number of carbonyl (C=O) groups excluding carboxylic acids is 3. The number of nitrogens with two attached hydrogens (primary N) is 2. The number of allylic oxidation sites excluding steroid dienone is 5. The Bertz CT molecular complexity index is 1450. The van der Waals surface area contributed by atoms with E-state index in [4.69, 9.17) is 44.2 Å². The monoisotopic (exact) mass is 811 g/mol. The summed E-state index contributed by atoms with van der Waals surface area (Å²) in [7, 11) is -5.47. The molecule has 0 saturated carbocycles. The van der Waals surface area contributed by atoms with Crippen LogP contribution in [0.4, 0.5) is 4.79 Å². The van der Waals surface area contributed by atoms with Crippen LogP contribution in [-0.2, 0) is 51.7 Å². The number of hydrogen-bond acceptors (Lipinski definition) is 16. The minimum Gasteiger partial charge on any atom is -0.479 e. The maximum atomic E-state index is 13.2. The van der Waals surface area contributed by atoms with Crippen molar-refractivity contribution in [2.75, 3.05) is 19.8 Å². The number of primary amides is 2. The van der Waals surface area contributed by atoms with Crippen LogP contribution in [0, 0.1) is 0 Å². The van der Waals surface area contributed by atoms with E-state index in [0.29, 0.717) is 6.42 Å². The van der Waals surface area contributed by atoms with Gasteiger partial charge in [0.1, 0.15) is 30.5 Å². The van der Waals surface area contributed by atoms with Crippen LogP contribution in [-0.4, -0.2) is 142 Å². The van der Waals surface area contributed by atoms with E-state index in [1.54, 1.807) is 6.08 Å². The Kier molecular flexibility index (Phi) is 19.5. The molecule has 2 fully saturated rings. The van der Waals surface area contributed by atoms with Crippen LogP contribution in [0.2, 0.25) is 0 Å². The zero-order chi connectivity index (χ0) is 41.6. The first kappa shape index (κ1) is 47.8. The van der Waals surface area contributed by atoms with Gasteiger partial charge in [0.25, 0.3) is 0 Å². The summed E-state index contributed by atoms with van der Waals surface area (Å²) in [6.45, 7) is 6.82. The lowest BCUT2D eigenvalue weighted by molar-refractivity contribution is -0.339. The highest BCUT2D eigenvalue weighted by molar-refractivity contribution is 7.47. The number of hydrogen-bond donors (Lipinski definition) is 9. The molecule has 6 unspecified atom stereocenters. The van der Waals surface area contributed by atoms with Gasteiger partial charge < -0.3 is 70.9 Å². The number of nitrogens with one attached hydrogen (secondary N) is 1. The molecule has 2 aliphatic rings. The first-order valence-electron chi connectivity index (χ1n) is 17.3. The summed E-state index contributed by atoms with van der Waals surface area (Å²) in [6.07, 6.45) is -12.2. The molecule has 55 heavy (non-hydrogen) atoms. The van der Waals surface area contributed by atoms with Crippen LogP contribution in [0.5, 0.6) is 0 Å². The second-order valence-electron chi connectivity index (χ2n) is 13.2. The number of carbonyl (C=O) groups is 4. The van der Waals surface area contributed by atoms with Crippen molar-refractivity contribution in [3.8, 4) is 0 Å². The summed E-state index contributed by atoms with van der Waals surface area (Å²) < 4.78 is 50.0. The molecule has 0 spiro atoms. The van der Waals surface area contributed by atoms with Crippen LogP contribution < -0.4 is 16.8 Å². The Balaban J connectivity index is 2.25. The molecule has 2 heterocycles. The Hall–Kier alpha value is -3.31. The van der Waals surface area contributed by atoms with Gasteiger partial charge >= 0.3 is 19.9 Å². The van der Waals surface area contributed by atoms with Crippen LogP contribution in [0.25, 0.3) is 0 Å². The predicted octanol–water partition coefficient (Wildman–Crippen LogP) is -0.627. The van der Waals surface area contributed by atoms with Gasteiger partial charge in [-0.15, -0.1) is 0 Å². The second-order valence-corrected chi connectivity index (χ2v) is 14.6. The SMILES string of the molecule is CC(=O)NC1[C@H](O[C@@H]2C(OP(=O)(O)OC[C@@H](OCC=C(C)CCC=C(C)CCC=C(C)C)C(=O)O)OC(C(N)=O)C(O)[C@@H]2OC(N)=O)OC(CO)[C@@H](O)[C@@H]1O. The quantitative estimate of drug-likeness (QED) is 0.0515. The first-order chi connectivity index (χ1) is 25.7. The molecular weight excluding hydrogens is 757 g/mol. The van der Waals surface area contributed by atoms with Gasteiger partial charge in [0, 0.05) is 6.92 Å². The summed E-state index contributed by atoms with van der Waals surface area (Å²) in [5, 5.41) is 53.5. The number of rotatable bonds is 21. The number of aliphatic hydroxyl groups is 4. The number of phosphoric ester groups is 1. The Morgan fingerprint density at radius 2 is 1.49 bits per heavy atom. The van der Waals surface area contributed by atoms with Crippen molar-refractivity contribution in [1.82, 2.24) is 5.32 Å². The number of amides is 3. The highest BCUT2D eigenvalue weighted by Crippen LogP contribution is 2.47. The summed E-state index contributed by atoms with van der Waals surface area (Å²) >= 11 is 0. The largest absolute Gasteiger partial charge is 0.479 e. The second kappa shape index (κ2) is 22.4. The average Bonchev–Trinajstić information content (AvgIpc) is 3.07. The van der Waals surface area contributed by atoms with Crippen molar-refractivity contribution in [3.63, 3.8) is 0 Å². The van der Waals surface area contributed by atoms with E-state index >= 15 is 0 Å². The maximum Gasteiger partial charge on any atom is 0.474 e. The van der Waals surface area contributed by atoms with E-state index in [1.807, 2.05) is 27.7 Å². The molecule has 21 nitrogen and oxygen atoms in total. The van der Waals surface area contributed by atoms with Crippen molar-refractivity contribution in [1.29, 1.82) is 0 Å². The average molecular weight is 812 g/mol. The van der Waals surface area contributed by atoms with Gasteiger partial charge in [0.15, 0.2) is 37.0 Å². The number of phosphoric acid groups is 1. The molecule has 2 saturated heterocycles. The molecule has 11 N–H and O–H groups in total. The van der Waals surface area contributed by atoms with Crippen LogP contribution >= 0.6 is 7.82 Å². The summed E-state index contributed by atoms with van der Waals surface area (Å²) in [6, 6.07) is -1.64. The molecule has 12 atom stereocenters. The topological polar surface area (TPSA) is 335 Å².